The van der Waals surface area contributed by atoms with Crippen LogP contribution in [0.25, 0.3) is 0 Å². The summed E-state index contributed by atoms with van der Waals surface area (Å²) in [7, 11) is 0. The van der Waals surface area contributed by atoms with Crippen molar-refractivity contribution < 1.29 is 13.5 Å². The number of nitrogens with one attached hydrogen (secondary N) is 1. The highest BCUT2D eigenvalue weighted by molar-refractivity contribution is 5.27. The van der Waals surface area contributed by atoms with E-state index in [1.54, 1.807) is 24.3 Å². The van der Waals surface area contributed by atoms with Gasteiger partial charge in [0.15, 0.2) is 0 Å². The Balaban J connectivity index is 1.72. The minimum atomic E-state index is -2.78. The minimum Gasteiger partial charge on any atom is -0.435 e. The molecule has 0 bridgehead atoms. The number of rotatable bonds is 6. The number of ether oxygens (including phenoxy) is 1. The Kier molecular flexibility index (Phi) is 5.97. The molecule has 1 aromatic carbocycles. The molecule has 0 radical (unpaired) electrons. The Bertz CT molecular complexity index is 462. The van der Waals surface area contributed by atoms with Crippen molar-refractivity contribution in [2.24, 2.45) is 0 Å². The molecule has 1 saturated heterocycles. The van der Waals surface area contributed by atoms with Gasteiger partial charge in [0.05, 0.1) is 6.54 Å². The lowest BCUT2D eigenvalue weighted by atomic mass is 10.0. The molecule has 0 spiro atoms. The van der Waals surface area contributed by atoms with Gasteiger partial charge in [-0.25, -0.2) is 0 Å². The normalized spacial score (nSPS) is 16.9. The average Bonchev–Trinajstić information content (AvgIpc) is 2.48. The van der Waals surface area contributed by atoms with Crippen molar-refractivity contribution in [3.63, 3.8) is 0 Å². The molecule has 0 aromatic heterocycles. The number of hydrogen-bond acceptors (Lipinski definition) is 3. The van der Waals surface area contributed by atoms with E-state index in [0.717, 1.165) is 44.6 Å². The first kappa shape index (κ1) is 15.7. The van der Waals surface area contributed by atoms with E-state index in [1.165, 1.54) is 0 Å². The predicted octanol–water partition coefficient (Wildman–Crippen LogP) is 2.48. The Morgan fingerprint density at radius 2 is 1.95 bits per heavy atom. The minimum absolute atomic E-state index is 0.191. The molecule has 0 atom stereocenters. The molecule has 114 valence electrons. The van der Waals surface area contributed by atoms with Crippen molar-refractivity contribution in [2.45, 2.75) is 32.0 Å². The summed E-state index contributed by atoms with van der Waals surface area (Å²) in [4.78, 5) is 2.27. The van der Waals surface area contributed by atoms with E-state index < -0.39 is 6.61 Å². The van der Waals surface area contributed by atoms with Crippen LogP contribution in [-0.4, -0.2) is 37.2 Å². The number of benzene rings is 1. The lowest BCUT2D eigenvalue weighted by Crippen LogP contribution is -2.42. The summed E-state index contributed by atoms with van der Waals surface area (Å²) in [6.45, 7) is 0.709. The van der Waals surface area contributed by atoms with Crippen LogP contribution >= 0.6 is 0 Å². The Morgan fingerprint density at radius 1 is 1.29 bits per heavy atom. The van der Waals surface area contributed by atoms with Gasteiger partial charge < -0.3 is 10.1 Å². The Morgan fingerprint density at radius 3 is 2.52 bits per heavy atom. The monoisotopic (exact) mass is 294 g/mol. The van der Waals surface area contributed by atoms with Gasteiger partial charge in [0.25, 0.3) is 0 Å². The second-order valence-electron chi connectivity index (χ2n) is 5.16. The van der Waals surface area contributed by atoms with Gasteiger partial charge in [0, 0.05) is 25.7 Å². The number of likely N-dealkylation sites (tertiary alicyclic amines) is 1. The zero-order valence-electron chi connectivity index (χ0n) is 11.9. The number of terminal acetylenes is 1. The molecule has 1 aliphatic heterocycles. The molecule has 1 aliphatic rings. The lowest BCUT2D eigenvalue weighted by Gasteiger charge is -2.31. The van der Waals surface area contributed by atoms with E-state index in [2.05, 4.69) is 20.9 Å². The summed E-state index contributed by atoms with van der Waals surface area (Å²) < 4.78 is 28.4. The van der Waals surface area contributed by atoms with Gasteiger partial charge in [0.2, 0.25) is 0 Å². The van der Waals surface area contributed by atoms with E-state index >= 15 is 0 Å². The van der Waals surface area contributed by atoms with Crippen LogP contribution in [0.3, 0.4) is 0 Å². The molecule has 0 saturated carbocycles. The Labute approximate surface area is 124 Å². The quantitative estimate of drug-likeness (QED) is 0.816. The van der Waals surface area contributed by atoms with Crippen molar-refractivity contribution >= 4 is 0 Å². The number of hydrogen-bond donors (Lipinski definition) is 1. The average molecular weight is 294 g/mol. The first-order chi connectivity index (χ1) is 10.2. The van der Waals surface area contributed by atoms with Gasteiger partial charge in [-0.1, -0.05) is 18.1 Å². The van der Waals surface area contributed by atoms with E-state index in [-0.39, 0.29) is 5.75 Å². The molecule has 2 rings (SSSR count). The van der Waals surface area contributed by atoms with Crippen molar-refractivity contribution in [1.82, 2.24) is 10.2 Å². The molecular weight excluding hydrogens is 274 g/mol. The smallest absolute Gasteiger partial charge is 0.387 e. The van der Waals surface area contributed by atoms with Gasteiger partial charge in [-0.15, -0.1) is 6.42 Å². The highest BCUT2D eigenvalue weighted by Gasteiger charge is 2.17. The van der Waals surface area contributed by atoms with Crippen LogP contribution in [-0.2, 0) is 6.54 Å². The highest BCUT2D eigenvalue weighted by Crippen LogP contribution is 2.16. The van der Waals surface area contributed by atoms with Crippen LogP contribution in [0.4, 0.5) is 8.78 Å². The molecule has 1 heterocycles. The maximum absolute atomic E-state index is 12.0. The topological polar surface area (TPSA) is 24.5 Å². The van der Waals surface area contributed by atoms with Crippen LogP contribution in [0.1, 0.15) is 18.4 Å². The fraction of sp³-hybridized carbons (Fsp3) is 0.500. The second-order valence-corrected chi connectivity index (χ2v) is 5.16. The SMILES string of the molecule is C#CCN1CCC(NCc2ccc(OC(F)F)cc2)CC1. The molecule has 0 amide bonds. The number of piperidine rings is 1. The molecule has 5 heteroatoms. The maximum atomic E-state index is 12.0. The zero-order chi connectivity index (χ0) is 15.1. The lowest BCUT2D eigenvalue weighted by molar-refractivity contribution is -0.0498. The maximum Gasteiger partial charge on any atom is 0.387 e. The van der Waals surface area contributed by atoms with Crippen molar-refractivity contribution in [3.8, 4) is 18.1 Å². The summed E-state index contributed by atoms with van der Waals surface area (Å²) in [5.74, 6) is 2.86. The first-order valence-corrected chi connectivity index (χ1v) is 7.10. The Hall–Kier alpha value is -1.64. The third-order valence-corrected chi connectivity index (χ3v) is 3.65. The van der Waals surface area contributed by atoms with Crippen LogP contribution in [0.2, 0.25) is 0 Å². The number of halogens is 2. The second kappa shape index (κ2) is 7.96. The van der Waals surface area contributed by atoms with Crippen molar-refractivity contribution in [2.75, 3.05) is 19.6 Å². The standard InChI is InChI=1S/C16H20F2N2O/c1-2-9-20-10-7-14(8-11-20)19-12-13-3-5-15(6-4-13)21-16(17)18/h1,3-6,14,16,19H,7-12H2. The van der Waals surface area contributed by atoms with Crippen LogP contribution < -0.4 is 10.1 Å². The van der Waals surface area contributed by atoms with Crippen LogP contribution in [0.15, 0.2) is 24.3 Å². The van der Waals surface area contributed by atoms with E-state index in [0.29, 0.717) is 6.04 Å². The summed E-state index contributed by atoms with van der Waals surface area (Å²) >= 11 is 0. The number of alkyl halides is 2. The summed E-state index contributed by atoms with van der Waals surface area (Å²) in [6, 6.07) is 7.23. The molecule has 1 aromatic rings. The van der Waals surface area contributed by atoms with E-state index in [4.69, 9.17) is 6.42 Å². The van der Waals surface area contributed by atoms with Gasteiger partial charge in [0.1, 0.15) is 5.75 Å². The molecule has 3 nitrogen and oxygen atoms in total. The summed E-state index contributed by atoms with van der Waals surface area (Å²) in [5, 5.41) is 3.49. The van der Waals surface area contributed by atoms with Gasteiger partial charge >= 0.3 is 6.61 Å². The third-order valence-electron chi connectivity index (χ3n) is 3.65. The van der Waals surface area contributed by atoms with Gasteiger partial charge in [-0.2, -0.15) is 8.78 Å². The molecule has 0 aliphatic carbocycles. The zero-order valence-corrected chi connectivity index (χ0v) is 11.9. The van der Waals surface area contributed by atoms with Crippen molar-refractivity contribution in [1.29, 1.82) is 0 Å². The fourth-order valence-corrected chi connectivity index (χ4v) is 2.48. The summed E-state index contributed by atoms with van der Waals surface area (Å²) in [5.41, 5.74) is 1.06. The van der Waals surface area contributed by atoms with E-state index in [9.17, 15) is 8.78 Å². The number of nitrogens with zero attached hydrogens (tertiary/aromatic N) is 1. The van der Waals surface area contributed by atoms with Crippen LogP contribution in [0, 0.1) is 12.3 Å². The van der Waals surface area contributed by atoms with Gasteiger partial charge in [-0.05, 0) is 30.5 Å². The molecular formula is C16H20F2N2O. The summed E-state index contributed by atoms with van der Waals surface area (Å²) in [6.07, 6.45) is 7.46. The van der Waals surface area contributed by atoms with Gasteiger partial charge in [-0.3, -0.25) is 4.90 Å². The molecule has 1 N–H and O–H groups in total. The first-order valence-electron chi connectivity index (χ1n) is 7.10. The fourth-order valence-electron chi connectivity index (χ4n) is 2.48. The largest absolute Gasteiger partial charge is 0.435 e. The van der Waals surface area contributed by atoms with Crippen molar-refractivity contribution in [3.05, 3.63) is 29.8 Å². The molecule has 0 unspecified atom stereocenters. The molecule has 1 fully saturated rings. The molecule has 21 heavy (non-hydrogen) atoms. The predicted molar refractivity (Wildman–Crippen MR) is 78.2 cm³/mol. The van der Waals surface area contributed by atoms with Crippen LogP contribution in [0.5, 0.6) is 5.75 Å². The van der Waals surface area contributed by atoms with E-state index in [1.807, 2.05) is 0 Å². The highest BCUT2D eigenvalue weighted by atomic mass is 19.3. The third kappa shape index (κ3) is 5.33.